The van der Waals surface area contributed by atoms with Crippen molar-refractivity contribution < 1.29 is 33.8 Å². The fourth-order valence-electron chi connectivity index (χ4n) is 5.56. The number of nitrogens with zero attached hydrogens (tertiary/aromatic N) is 2. The van der Waals surface area contributed by atoms with E-state index in [-0.39, 0.29) is 25.4 Å². The van der Waals surface area contributed by atoms with Gasteiger partial charge in [0.25, 0.3) is 5.91 Å². The molecular formula is C39H50N6O7. The average molecular weight is 715 g/mol. The highest BCUT2D eigenvalue weighted by atomic mass is 16.5. The molecule has 0 unspecified atom stereocenters. The van der Waals surface area contributed by atoms with Crippen LogP contribution in [0.2, 0.25) is 0 Å². The van der Waals surface area contributed by atoms with Crippen LogP contribution < -0.4 is 21.4 Å². The summed E-state index contributed by atoms with van der Waals surface area (Å²) in [6.45, 7) is 8.93. The van der Waals surface area contributed by atoms with Gasteiger partial charge in [0, 0.05) is 13.1 Å². The predicted molar refractivity (Wildman–Crippen MR) is 196 cm³/mol. The first-order valence-corrected chi connectivity index (χ1v) is 17.0. The summed E-state index contributed by atoms with van der Waals surface area (Å²) in [7, 11) is 2.42. The summed E-state index contributed by atoms with van der Waals surface area (Å²) in [4.78, 5) is 51.7. The maximum atomic E-state index is 13.7. The zero-order valence-electron chi connectivity index (χ0n) is 30.8. The lowest BCUT2D eigenvalue weighted by Crippen LogP contribution is -2.60. The molecule has 13 heteroatoms. The van der Waals surface area contributed by atoms with Crippen LogP contribution in [0.25, 0.3) is 11.1 Å². The third-order valence-corrected chi connectivity index (χ3v) is 8.44. The van der Waals surface area contributed by atoms with E-state index in [1.165, 1.54) is 19.2 Å². The lowest BCUT2D eigenvalue weighted by atomic mass is 9.85. The average Bonchev–Trinajstić information content (AvgIpc) is 3.12. The molecule has 0 fully saturated rings. The first-order valence-electron chi connectivity index (χ1n) is 17.0. The molecule has 52 heavy (non-hydrogen) atoms. The molecule has 4 atom stereocenters. The third-order valence-electron chi connectivity index (χ3n) is 8.44. The number of ether oxygens (including phenoxy) is 2. The van der Waals surface area contributed by atoms with Crippen LogP contribution in [0.4, 0.5) is 9.59 Å². The largest absolute Gasteiger partial charge is 0.453 e. The molecule has 3 rings (SSSR count). The summed E-state index contributed by atoms with van der Waals surface area (Å²) in [5, 5.41) is 31.0. The Hall–Kier alpha value is -5.45. The van der Waals surface area contributed by atoms with Gasteiger partial charge in [-0.05, 0) is 46.1 Å². The van der Waals surface area contributed by atoms with Crippen molar-refractivity contribution in [1.29, 1.82) is 5.26 Å². The van der Waals surface area contributed by atoms with Crippen LogP contribution >= 0.6 is 0 Å². The molecule has 0 aliphatic heterocycles. The second kappa shape index (κ2) is 19.2. The number of hydrogen-bond acceptors (Lipinski definition) is 9. The molecule has 0 saturated heterocycles. The number of carbonyl (C=O) groups excluding carboxylic acids is 4. The summed E-state index contributed by atoms with van der Waals surface area (Å²) in [5.74, 6) is -1.37. The topological polar surface area (TPSA) is 182 Å². The minimum absolute atomic E-state index is 0.131. The van der Waals surface area contributed by atoms with Crippen molar-refractivity contribution in [2.75, 3.05) is 20.8 Å². The van der Waals surface area contributed by atoms with E-state index in [1.807, 2.05) is 66.7 Å². The molecule has 0 aliphatic rings. The number of hydrazine groups is 1. The smallest absolute Gasteiger partial charge is 0.407 e. The van der Waals surface area contributed by atoms with E-state index in [0.29, 0.717) is 5.56 Å². The molecular weight excluding hydrogens is 664 g/mol. The Balaban J connectivity index is 1.96. The summed E-state index contributed by atoms with van der Waals surface area (Å²) >= 11 is 0. The number of benzene rings is 3. The Morgan fingerprint density at radius 1 is 0.808 bits per heavy atom. The fourth-order valence-corrected chi connectivity index (χ4v) is 5.56. The molecule has 0 aromatic heterocycles. The molecule has 278 valence electrons. The predicted octanol–water partition coefficient (Wildman–Crippen LogP) is 4.30. The van der Waals surface area contributed by atoms with Crippen molar-refractivity contribution in [1.82, 2.24) is 26.4 Å². The van der Waals surface area contributed by atoms with Crippen LogP contribution in [0.15, 0.2) is 78.9 Å². The van der Waals surface area contributed by atoms with Crippen molar-refractivity contribution in [3.63, 3.8) is 0 Å². The standard InChI is InChI=1S/C39H50N6O7/c1-25(2)33(42-37(49)51-6)35(47)44-45(23-27-17-19-28(20-18-27)30-16-12-11-15-29(30)22-40)24-32(46)31(21-26-13-9-8-10-14-26)41-36(48)34(39(3,4)5)43-38(50)52-7/h8-20,25,31-34,46H,21,23-24H2,1-7H3,(H,41,48)(H,42,49)(H,43,50)(H,44,47)/t31-,32-,33-,34+/m0/s1. The minimum Gasteiger partial charge on any atom is -0.453 e. The van der Waals surface area contributed by atoms with Gasteiger partial charge in [0.05, 0.1) is 38.0 Å². The highest BCUT2D eigenvalue weighted by molar-refractivity contribution is 5.87. The number of hydrogen-bond donors (Lipinski definition) is 5. The van der Waals surface area contributed by atoms with Gasteiger partial charge in [-0.25, -0.2) is 14.6 Å². The lowest BCUT2D eigenvalue weighted by molar-refractivity contribution is -0.131. The molecule has 0 bridgehead atoms. The van der Waals surface area contributed by atoms with Crippen molar-refractivity contribution in [2.45, 2.75) is 71.8 Å². The van der Waals surface area contributed by atoms with Gasteiger partial charge in [0.1, 0.15) is 12.1 Å². The van der Waals surface area contributed by atoms with Crippen LogP contribution in [0.3, 0.4) is 0 Å². The van der Waals surface area contributed by atoms with Gasteiger partial charge in [-0.2, -0.15) is 5.26 Å². The highest BCUT2D eigenvalue weighted by Gasteiger charge is 2.36. The number of alkyl carbamates (subject to hydrolysis) is 2. The second-order valence-electron chi connectivity index (χ2n) is 13.9. The molecule has 3 aromatic carbocycles. The van der Waals surface area contributed by atoms with Crippen molar-refractivity contribution in [3.8, 4) is 17.2 Å². The van der Waals surface area contributed by atoms with Crippen LogP contribution in [0.5, 0.6) is 0 Å². The first kappa shape index (κ1) is 41.0. The van der Waals surface area contributed by atoms with Gasteiger partial charge >= 0.3 is 12.2 Å². The van der Waals surface area contributed by atoms with Gasteiger partial charge in [-0.3, -0.25) is 15.0 Å². The van der Waals surface area contributed by atoms with E-state index in [2.05, 4.69) is 27.4 Å². The molecule has 5 N–H and O–H groups in total. The normalized spacial score (nSPS) is 13.6. The quantitative estimate of drug-likeness (QED) is 0.143. The number of nitriles is 1. The van der Waals surface area contributed by atoms with Gasteiger partial charge in [-0.1, -0.05) is 107 Å². The Morgan fingerprint density at radius 2 is 1.40 bits per heavy atom. The second-order valence-corrected chi connectivity index (χ2v) is 13.9. The van der Waals surface area contributed by atoms with Gasteiger partial charge in [0.2, 0.25) is 5.91 Å². The number of nitrogens with one attached hydrogen (secondary N) is 4. The van der Waals surface area contributed by atoms with Gasteiger partial charge in [-0.15, -0.1) is 0 Å². The van der Waals surface area contributed by atoms with E-state index in [4.69, 9.17) is 9.47 Å². The molecule has 4 amide bonds. The van der Waals surface area contributed by atoms with E-state index >= 15 is 0 Å². The Morgan fingerprint density at radius 3 is 1.98 bits per heavy atom. The van der Waals surface area contributed by atoms with E-state index in [0.717, 1.165) is 22.3 Å². The maximum absolute atomic E-state index is 13.7. The van der Waals surface area contributed by atoms with E-state index in [1.54, 1.807) is 46.8 Å². The zero-order valence-corrected chi connectivity index (χ0v) is 30.8. The fraction of sp³-hybridized carbons (Fsp3) is 0.410. The molecule has 0 radical (unpaired) electrons. The number of carbonyl (C=O) groups is 4. The van der Waals surface area contributed by atoms with Gasteiger partial charge < -0.3 is 30.5 Å². The number of aliphatic hydroxyl groups is 1. The maximum Gasteiger partial charge on any atom is 0.407 e. The van der Waals surface area contributed by atoms with Crippen LogP contribution in [-0.2, 0) is 32.0 Å². The van der Waals surface area contributed by atoms with E-state index in [9.17, 15) is 29.5 Å². The number of amides is 4. The van der Waals surface area contributed by atoms with Crippen LogP contribution in [0.1, 0.15) is 51.3 Å². The van der Waals surface area contributed by atoms with Crippen molar-refractivity contribution in [3.05, 3.63) is 95.6 Å². The van der Waals surface area contributed by atoms with Crippen LogP contribution in [-0.4, -0.2) is 79.1 Å². The van der Waals surface area contributed by atoms with Crippen molar-refractivity contribution >= 4 is 24.0 Å². The monoisotopic (exact) mass is 714 g/mol. The van der Waals surface area contributed by atoms with Gasteiger partial charge in [0.15, 0.2) is 0 Å². The molecule has 0 spiro atoms. The molecule has 3 aromatic rings. The lowest BCUT2D eigenvalue weighted by Gasteiger charge is -2.34. The minimum atomic E-state index is -1.24. The number of methoxy groups -OCH3 is 2. The summed E-state index contributed by atoms with van der Waals surface area (Å²) in [5.41, 5.74) is 5.90. The first-order chi connectivity index (χ1) is 24.7. The van der Waals surface area contributed by atoms with Crippen LogP contribution in [0, 0.1) is 22.7 Å². The van der Waals surface area contributed by atoms with Crippen molar-refractivity contribution in [2.24, 2.45) is 11.3 Å². The summed E-state index contributed by atoms with van der Waals surface area (Å²) in [6.07, 6.45) is -2.55. The molecule has 13 nitrogen and oxygen atoms in total. The van der Waals surface area contributed by atoms with E-state index < -0.39 is 53.6 Å². The Kier molecular flexibility index (Phi) is 15.2. The zero-order chi connectivity index (χ0) is 38.4. The summed E-state index contributed by atoms with van der Waals surface area (Å²) in [6, 6.07) is 23.4. The third kappa shape index (κ3) is 12.1. The Bertz CT molecular complexity index is 1690. The molecule has 0 aliphatic carbocycles. The SMILES string of the molecule is COC(=O)N[C@H](C(=O)NN(Cc1ccc(-c2ccccc2C#N)cc1)C[C@H](O)[C@H](Cc1ccccc1)NC(=O)[C@@H](NC(=O)OC)C(C)(C)C)C(C)C. The Labute approximate surface area is 305 Å². The molecule has 0 saturated carbocycles. The number of aliphatic hydroxyl groups excluding tert-OH is 1. The summed E-state index contributed by atoms with van der Waals surface area (Å²) < 4.78 is 9.49. The molecule has 0 heterocycles. The highest BCUT2D eigenvalue weighted by Crippen LogP contribution is 2.24. The number of rotatable bonds is 15.